The molecule has 26 heavy (non-hydrogen) atoms. The van der Waals surface area contributed by atoms with Crippen LogP contribution in [0.2, 0.25) is 0 Å². The van der Waals surface area contributed by atoms with Crippen molar-refractivity contribution in [2.45, 2.75) is 4.90 Å². The molecule has 1 saturated heterocycles. The third-order valence-corrected chi connectivity index (χ3v) is 5.69. The van der Waals surface area contributed by atoms with Gasteiger partial charge in [-0.05, 0) is 18.2 Å². The number of benzene rings is 1. The molecule has 1 fully saturated rings. The summed E-state index contributed by atoms with van der Waals surface area (Å²) in [5.74, 6) is -1.09. The first kappa shape index (κ1) is 20.0. The molecule has 0 unspecified atom stereocenters. The Labute approximate surface area is 151 Å². The maximum Gasteiger partial charge on any atom is 0.321 e. The molecule has 2 rings (SSSR count). The van der Waals surface area contributed by atoms with Crippen molar-refractivity contribution in [1.29, 1.82) is 0 Å². The smallest absolute Gasteiger partial charge is 0.321 e. The third kappa shape index (κ3) is 5.35. The first-order valence-corrected chi connectivity index (χ1v) is 9.43. The molecule has 0 bridgehead atoms. The largest absolute Gasteiger partial charge is 0.334 e. The van der Waals surface area contributed by atoms with E-state index >= 15 is 0 Å². The maximum absolute atomic E-state index is 13.3. The van der Waals surface area contributed by atoms with Crippen LogP contribution in [0.1, 0.15) is 0 Å². The van der Waals surface area contributed by atoms with Gasteiger partial charge in [-0.3, -0.25) is 15.0 Å². The number of nitrogens with one attached hydrogen (secondary N) is 2. The van der Waals surface area contributed by atoms with Gasteiger partial charge in [0.1, 0.15) is 5.82 Å². The van der Waals surface area contributed by atoms with Crippen LogP contribution in [0.25, 0.3) is 0 Å². The molecule has 1 aromatic rings. The van der Waals surface area contributed by atoms with Crippen LogP contribution in [-0.2, 0) is 14.8 Å². The van der Waals surface area contributed by atoms with Crippen LogP contribution < -0.4 is 10.6 Å². The number of carbonyl (C=O) groups is 2. The van der Waals surface area contributed by atoms with Crippen LogP contribution in [0.5, 0.6) is 0 Å². The fourth-order valence-corrected chi connectivity index (χ4v) is 3.94. The van der Waals surface area contributed by atoms with Gasteiger partial charge < -0.3 is 5.32 Å². The lowest BCUT2D eigenvalue weighted by molar-refractivity contribution is -0.121. The highest BCUT2D eigenvalue weighted by atomic mass is 32.2. The molecule has 8 nitrogen and oxygen atoms in total. The van der Waals surface area contributed by atoms with E-state index in [4.69, 9.17) is 0 Å². The van der Waals surface area contributed by atoms with Crippen molar-refractivity contribution in [3.05, 3.63) is 42.7 Å². The van der Waals surface area contributed by atoms with Gasteiger partial charge in [0, 0.05) is 32.7 Å². The van der Waals surface area contributed by atoms with E-state index in [9.17, 15) is 22.4 Å². The van der Waals surface area contributed by atoms with Crippen LogP contribution in [0.4, 0.5) is 9.18 Å². The summed E-state index contributed by atoms with van der Waals surface area (Å²) in [7, 11) is -3.77. The average Bonchev–Trinajstić information content (AvgIpc) is 2.60. The summed E-state index contributed by atoms with van der Waals surface area (Å²) in [4.78, 5) is 24.9. The molecule has 0 aliphatic carbocycles. The van der Waals surface area contributed by atoms with Crippen molar-refractivity contribution in [1.82, 2.24) is 19.8 Å². The van der Waals surface area contributed by atoms with Gasteiger partial charge in [0.15, 0.2) is 0 Å². The number of carbonyl (C=O) groups excluding carboxylic acids is 2. The quantitative estimate of drug-likeness (QED) is 0.680. The summed E-state index contributed by atoms with van der Waals surface area (Å²) >= 11 is 0. The highest BCUT2D eigenvalue weighted by molar-refractivity contribution is 7.89. The molecule has 0 radical (unpaired) electrons. The second kappa shape index (κ2) is 8.88. The van der Waals surface area contributed by atoms with Gasteiger partial charge in [0.05, 0.1) is 11.4 Å². The number of sulfonamides is 1. The Morgan fingerprint density at radius 3 is 2.54 bits per heavy atom. The molecule has 10 heteroatoms. The summed E-state index contributed by atoms with van der Waals surface area (Å²) in [5.41, 5.74) is 0. The van der Waals surface area contributed by atoms with Gasteiger partial charge in [0.2, 0.25) is 15.9 Å². The number of rotatable bonds is 6. The maximum atomic E-state index is 13.3. The minimum absolute atomic E-state index is 0.0185. The molecule has 2 N–H and O–H groups in total. The topological polar surface area (TPSA) is 98.8 Å². The number of hydrogen-bond acceptors (Lipinski definition) is 5. The number of hydrogen-bond donors (Lipinski definition) is 2. The molecule has 0 atom stereocenters. The van der Waals surface area contributed by atoms with Gasteiger partial charge in [-0.2, -0.15) is 4.31 Å². The zero-order valence-corrected chi connectivity index (χ0v) is 15.0. The van der Waals surface area contributed by atoms with E-state index in [1.807, 2.05) is 0 Å². The molecule has 1 aliphatic rings. The minimum atomic E-state index is -3.77. The first-order chi connectivity index (χ1) is 12.3. The van der Waals surface area contributed by atoms with Crippen molar-refractivity contribution >= 4 is 22.0 Å². The lowest BCUT2D eigenvalue weighted by atomic mass is 10.3. The highest BCUT2D eigenvalue weighted by Gasteiger charge is 2.29. The molecular weight excluding hydrogens is 363 g/mol. The fraction of sp³-hybridized carbons (Fsp3) is 0.375. The number of urea groups is 1. The van der Waals surface area contributed by atoms with Crippen molar-refractivity contribution in [3.63, 3.8) is 0 Å². The van der Waals surface area contributed by atoms with Crippen molar-refractivity contribution < 1.29 is 22.4 Å². The molecule has 3 amide bonds. The predicted octanol–water partition coefficient (Wildman–Crippen LogP) is 0.144. The first-order valence-electron chi connectivity index (χ1n) is 7.99. The third-order valence-electron chi connectivity index (χ3n) is 3.79. The van der Waals surface area contributed by atoms with Gasteiger partial charge in [-0.15, -0.1) is 6.58 Å². The van der Waals surface area contributed by atoms with Gasteiger partial charge in [-0.1, -0.05) is 12.1 Å². The second-order valence-corrected chi connectivity index (χ2v) is 7.62. The summed E-state index contributed by atoms with van der Waals surface area (Å²) in [6, 6.07) is 4.25. The predicted molar refractivity (Wildman–Crippen MR) is 93.3 cm³/mol. The van der Waals surface area contributed by atoms with Crippen LogP contribution in [0.15, 0.2) is 41.8 Å². The van der Waals surface area contributed by atoms with E-state index in [2.05, 4.69) is 17.2 Å². The van der Waals surface area contributed by atoms with Crippen molar-refractivity contribution in [2.75, 3.05) is 39.3 Å². The molecule has 0 aromatic heterocycles. The summed E-state index contributed by atoms with van der Waals surface area (Å²) in [5, 5.41) is 4.61. The number of amides is 3. The molecule has 142 valence electrons. The zero-order chi connectivity index (χ0) is 19.2. The Balaban J connectivity index is 1.86. The Morgan fingerprint density at radius 2 is 1.92 bits per heavy atom. The molecular formula is C16H21FN4O4S. The molecule has 0 spiro atoms. The highest BCUT2D eigenvalue weighted by Crippen LogP contribution is 2.18. The second-order valence-electron chi connectivity index (χ2n) is 5.68. The average molecular weight is 384 g/mol. The lowest BCUT2D eigenvalue weighted by Gasteiger charge is -2.33. The SMILES string of the molecule is C=CCNC(=O)NC(=O)CN1CCN(S(=O)(=O)c2cccc(F)c2)CC1. The van der Waals surface area contributed by atoms with E-state index in [0.717, 1.165) is 6.07 Å². The summed E-state index contributed by atoms with van der Waals surface area (Å²) in [6.45, 7) is 4.69. The Hall–Kier alpha value is -2.30. The van der Waals surface area contributed by atoms with E-state index in [-0.39, 0.29) is 31.1 Å². The van der Waals surface area contributed by atoms with Crippen LogP contribution in [-0.4, -0.2) is 68.8 Å². The van der Waals surface area contributed by atoms with E-state index in [0.29, 0.717) is 13.1 Å². The van der Waals surface area contributed by atoms with E-state index < -0.39 is 27.8 Å². The lowest BCUT2D eigenvalue weighted by Crippen LogP contribution is -2.52. The van der Waals surface area contributed by atoms with E-state index in [1.54, 1.807) is 4.90 Å². The Kier molecular flexibility index (Phi) is 6.83. The Bertz CT molecular complexity index is 776. The summed E-state index contributed by atoms with van der Waals surface area (Å²) < 4.78 is 39.6. The van der Waals surface area contributed by atoms with Gasteiger partial charge in [0.25, 0.3) is 0 Å². The zero-order valence-electron chi connectivity index (χ0n) is 14.2. The van der Waals surface area contributed by atoms with Crippen LogP contribution >= 0.6 is 0 Å². The van der Waals surface area contributed by atoms with Gasteiger partial charge in [-0.25, -0.2) is 17.6 Å². The molecule has 1 heterocycles. The monoisotopic (exact) mass is 384 g/mol. The fourth-order valence-electron chi connectivity index (χ4n) is 2.48. The molecule has 0 saturated carbocycles. The Morgan fingerprint density at radius 1 is 1.23 bits per heavy atom. The number of imide groups is 1. The summed E-state index contributed by atoms with van der Waals surface area (Å²) in [6.07, 6.45) is 1.49. The van der Waals surface area contributed by atoms with Crippen LogP contribution in [0.3, 0.4) is 0 Å². The standard InChI is InChI=1S/C16H21FN4O4S/c1-2-6-18-16(23)19-15(22)12-20-7-9-21(10-8-20)26(24,25)14-5-3-4-13(17)11-14/h2-5,11H,1,6-10,12H2,(H2,18,19,22,23). The van der Waals surface area contributed by atoms with Crippen LogP contribution in [0, 0.1) is 5.82 Å². The van der Waals surface area contributed by atoms with Gasteiger partial charge >= 0.3 is 6.03 Å². The number of piperazine rings is 1. The number of nitrogens with zero attached hydrogens (tertiary/aromatic N) is 2. The molecule has 1 aliphatic heterocycles. The van der Waals surface area contributed by atoms with E-state index in [1.165, 1.54) is 28.6 Å². The normalized spacial score (nSPS) is 16.0. The molecule has 1 aromatic carbocycles. The number of halogens is 1. The van der Waals surface area contributed by atoms with Crippen molar-refractivity contribution in [2.24, 2.45) is 0 Å². The van der Waals surface area contributed by atoms with Crippen molar-refractivity contribution in [3.8, 4) is 0 Å². The minimum Gasteiger partial charge on any atom is -0.334 e.